The Balaban J connectivity index is 0.000000145. The van der Waals surface area contributed by atoms with Crippen molar-refractivity contribution < 1.29 is 4.42 Å². The number of thiophene rings is 1. The molecule has 5 nitrogen and oxygen atoms in total. The van der Waals surface area contributed by atoms with Crippen LogP contribution in [-0.4, -0.2) is 0 Å². The van der Waals surface area contributed by atoms with Crippen molar-refractivity contribution in [1.29, 1.82) is 0 Å². The van der Waals surface area contributed by atoms with Gasteiger partial charge >= 0.3 is 0 Å². The van der Waals surface area contributed by atoms with Crippen LogP contribution in [0.5, 0.6) is 0 Å². The van der Waals surface area contributed by atoms with Gasteiger partial charge in [0.15, 0.2) is 0 Å². The number of rotatable bonds is 10. The zero-order valence-electron chi connectivity index (χ0n) is 77.1. The van der Waals surface area contributed by atoms with Crippen molar-refractivity contribution >= 4 is 197 Å². The summed E-state index contributed by atoms with van der Waals surface area (Å²) in [4.78, 5) is 10.3. The molecule has 640 valence electrons. The van der Waals surface area contributed by atoms with Crippen LogP contribution in [0.4, 0.5) is 68.2 Å². The van der Waals surface area contributed by atoms with Crippen molar-refractivity contribution in [3.8, 4) is 22.3 Å². The highest BCUT2D eigenvalue weighted by Crippen LogP contribution is 2.63. The lowest BCUT2D eigenvalue weighted by Gasteiger charge is -2.43. The predicted octanol–water partition coefficient (Wildman–Crippen LogP) is 37.1. The monoisotopic (exact) mass is 1730 g/mol. The molecule has 21 aromatic carbocycles. The molecule has 3 aliphatic rings. The second-order valence-electron chi connectivity index (χ2n) is 39.5. The van der Waals surface area contributed by atoms with Crippen molar-refractivity contribution in [2.45, 2.75) is 111 Å². The van der Waals surface area contributed by atoms with E-state index in [1.165, 1.54) is 225 Å². The summed E-state index contributed by atoms with van der Waals surface area (Å²) < 4.78 is 9.27. The highest BCUT2D eigenvalue weighted by atomic mass is 32.1. The van der Waals surface area contributed by atoms with Crippen LogP contribution in [0.1, 0.15) is 137 Å². The van der Waals surface area contributed by atoms with Gasteiger partial charge in [-0.05, 0) is 227 Å². The van der Waals surface area contributed by atoms with Gasteiger partial charge in [0, 0.05) is 102 Å². The summed E-state index contributed by atoms with van der Waals surface area (Å²) >= 11 is 1.93. The van der Waals surface area contributed by atoms with Gasteiger partial charge in [-0.2, -0.15) is 0 Å². The summed E-state index contributed by atoms with van der Waals surface area (Å²) in [5, 5.41) is 22.9. The Bertz CT molecular complexity index is 8680. The fraction of sp³-hybridized carbons (Fsp3) is 0.134. The maximum atomic E-state index is 6.64. The third-order valence-corrected chi connectivity index (χ3v) is 31.2. The Labute approximate surface area is 780 Å². The number of furan rings is 1. The molecule has 133 heavy (non-hydrogen) atoms. The van der Waals surface area contributed by atoms with Crippen LogP contribution >= 0.6 is 11.3 Å². The van der Waals surface area contributed by atoms with Crippen molar-refractivity contribution in [2.24, 2.45) is 0 Å². The molecule has 3 aliphatic heterocycles. The molecule has 0 unspecified atom stereocenters. The van der Waals surface area contributed by atoms with Crippen molar-refractivity contribution in [3.63, 3.8) is 0 Å². The fourth-order valence-corrected chi connectivity index (χ4v) is 24.6. The van der Waals surface area contributed by atoms with Crippen LogP contribution < -0.4 is 19.6 Å². The molecule has 6 heteroatoms. The molecule has 2 aromatic heterocycles. The molecule has 0 saturated carbocycles. The molecule has 0 spiro atoms. The first-order valence-corrected chi connectivity index (χ1v) is 48.0. The van der Waals surface area contributed by atoms with Crippen LogP contribution in [0.3, 0.4) is 0 Å². The smallest absolute Gasteiger partial charge is 0.137 e. The molecular weight excluding hydrogens is 1630 g/mol. The van der Waals surface area contributed by atoms with E-state index >= 15 is 0 Å². The van der Waals surface area contributed by atoms with Gasteiger partial charge in [0.1, 0.15) is 11.2 Å². The van der Waals surface area contributed by atoms with Crippen LogP contribution in [0.2, 0.25) is 0 Å². The third kappa shape index (κ3) is 12.1. The van der Waals surface area contributed by atoms with E-state index in [0.29, 0.717) is 5.92 Å². The number of fused-ring (bicyclic) bond motifs is 19. The van der Waals surface area contributed by atoms with Crippen LogP contribution in [0.15, 0.2) is 381 Å². The minimum Gasteiger partial charge on any atom is -0.456 e. The van der Waals surface area contributed by atoms with Crippen LogP contribution in [0, 0.1) is 13.8 Å². The van der Waals surface area contributed by atoms with Gasteiger partial charge in [0.05, 0.1) is 56.9 Å². The number of benzene rings is 21. The number of para-hydroxylation sites is 5. The van der Waals surface area contributed by atoms with Crippen molar-refractivity contribution in [1.82, 2.24) is 0 Å². The van der Waals surface area contributed by atoms with E-state index in [0.717, 1.165) is 39.0 Å². The van der Waals surface area contributed by atoms with E-state index in [2.05, 4.69) is 479 Å². The Morgan fingerprint density at radius 3 is 1.20 bits per heavy atom. The highest BCUT2D eigenvalue weighted by molar-refractivity contribution is 7.27. The van der Waals surface area contributed by atoms with Gasteiger partial charge in [-0.25, -0.2) is 0 Å². The summed E-state index contributed by atoms with van der Waals surface area (Å²) in [5.41, 5.74) is 33.3. The molecule has 0 N–H and O–H groups in total. The Hall–Kier alpha value is -15.1. The van der Waals surface area contributed by atoms with Crippen molar-refractivity contribution in [3.05, 3.63) is 432 Å². The molecule has 0 amide bonds. The molecule has 23 aromatic rings. The number of anilines is 12. The van der Waals surface area contributed by atoms with E-state index < -0.39 is 0 Å². The molecule has 5 heterocycles. The fourth-order valence-electron chi connectivity index (χ4n) is 23.4. The summed E-state index contributed by atoms with van der Waals surface area (Å²) in [6.07, 6.45) is 0. The average Bonchev–Trinajstić information content (AvgIpc) is 1.54. The maximum absolute atomic E-state index is 6.64. The number of hydrogen-bond donors (Lipinski definition) is 0. The van der Waals surface area contributed by atoms with Crippen molar-refractivity contribution in [2.75, 3.05) is 19.6 Å². The molecule has 26 rings (SSSR count). The molecule has 0 fully saturated rings. The summed E-state index contributed by atoms with van der Waals surface area (Å²) in [6.45, 7) is 28.1. The van der Waals surface area contributed by atoms with Crippen LogP contribution in [-0.2, 0) is 16.2 Å². The third-order valence-electron chi connectivity index (χ3n) is 30.0. The zero-order valence-corrected chi connectivity index (χ0v) is 77.9. The van der Waals surface area contributed by atoms with Gasteiger partial charge in [-0.3, -0.25) is 0 Å². The highest BCUT2D eigenvalue weighted by Gasteiger charge is 2.44. The van der Waals surface area contributed by atoms with E-state index in [4.69, 9.17) is 4.42 Å². The maximum Gasteiger partial charge on any atom is 0.137 e. The first kappa shape index (κ1) is 80.0. The van der Waals surface area contributed by atoms with E-state index in [9.17, 15) is 0 Å². The number of nitrogens with zero attached hydrogens (tertiary/aromatic N) is 4. The van der Waals surface area contributed by atoms with E-state index in [-0.39, 0.29) is 22.2 Å². The Morgan fingerprint density at radius 1 is 0.263 bits per heavy atom. The zero-order chi connectivity index (χ0) is 89.9. The van der Waals surface area contributed by atoms with Gasteiger partial charge in [-0.15, -0.1) is 11.3 Å². The molecule has 0 atom stereocenters. The predicted molar refractivity (Wildman–Crippen MR) is 570 cm³/mol. The first-order valence-electron chi connectivity index (χ1n) is 47.2. The van der Waals surface area contributed by atoms with Gasteiger partial charge in [0.2, 0.25) is 0 Å². The lowest BCUT2D eigenvalue weighted by molar-refractivity contribution is 0.630. The van der Waals surface area contributed by atoms with Crippen LogP contribution in [0.25, 0.3) is 140 Å². The largest absolute Gasteiger partial charge is 0.456 e. The Kier molecular flexibility index (Phi) is 18.0. The summed E-state index contributed by atoms with van der Waals surface area (Å²) in [6, 6.07) is 141. The Morgan fingerprint density at radius 2 is 0.677 bits per heavy atom. The van der Waals surface area contributed by atoms with E-state index in [1.54, 1.807) is 0 Å². The average molecular weight is 1730 g/mol. The van der Waals surface area contributed by atoms with Gasteiger partial charge in [-0.1, -0.05) is 353 Å². The molecule has 0 radical (unpaired) electrons. The molecular formula is C127H100N4OS. The number of hydrogen-bond acceptors (Lipinski definition) is 6. The summed E-state index contributed by atoms with van der Waals surface area (Å²) in [5.74, 6) is 0.590. The molecule has 0 saturated heterocycles. The quantitative estimate of drug-likeness (QED) is 0.100. The second kappa shape index (κ2) is 30.0. The molecule has 0 bridgehead atoms. The SMILES string of the molecule is CC(C)c1cc2ccc(N3c4ccccc4C(C)(C)c4cc5c(cc43)oc3ccccc35)c3c(C(C)C)cc4ccc(N5c6ccccc6C(C)(C)c6ccccc65)c1c4c23.Cc1ccc(N(c2ccc(C)cc2)c2c3cc(-c4ccccc4)ccc3c(N3c4ccccc4C(C)(C)c4cc5c(cc43)sc3c4ccccc4c4ccccc4c53)c3cc(-c4ccccc4)ccc23)cc1. The second-order valence-corrected chi connectivity index (χ2v) is 40.5. The van der Waals surface area contributed by atoms with Gasteiger partial charge < -0.3 is 24.0 Å². The minimum atomic E-state index is -0.313. The normalized spacial score (nSPS) is 14.1. The van der Waals surface area contributed by atoms with Gasteiger partial charge in [0.25, 0.3) is 0 Å². The minimum absolute atomic E-state index is 0.140. The lowest BCUT2D eigenvalue weighted by Crippen LogP contribution is -2.30. The topological polar surface area (TPSA) is 26.1 Å². The number of aryl methyl sites for hydroxylation is 2. The lowest BCUT2D eigenvalue weighted by atomic mass is 9.73. The molecule has 0 aliphatic carbocycles. The van der Waals surface area contributed by atoms with E-state index in [1.807, 2.05) is 11.3 Å². The standard InChI is InChI=1S/C69H50N2S.C58H50N2O/c1-43-27-33-49(34-28-43)70(50-35-29-44(2)30-36-50)66-54-37-31-48(46-19-9-6-10-20-46)40-58(54)67(55-38-32-47(39-57(55)66)45-17-7-5-8-18-45)71-62-26-16-15-25-60(62)69(3,4)61-41-59-64(42-63(61)71)72-68-56-24-14-12-22-52(56)51-21-11-13-23-53(51)65(59)68;1-33(2)38-29-36-26-28-49(60-47-23-15-12-20-43(47)58(7,8)44-31-40-37-17-9-16-24-51(37)61-52(40)32-50(44)60)56-39(34(3)4)30-35-25-27-48(55(38)53(35)54(36)56)59-45-21-13-10-18-41(45)57(5,6)42-19-11-14-22-46(42)59/h5-42H,1-4H3;9-34H,1-8H3. The first-order chi connectivity index (χ1) is 64.7. The summed E-state index contributed by atoms with van der Waals surface area (Å²) in [7, 11) is 0.